The summed E-state index contributed by atoms with van der Waals surface area (Å²) in [6.07, 6.45) is 1.42. The van der Waals surface area contributed by atoms with E-state index in [9.17, 15) is 14.4 Å². The Labute approximate surface area is 167 Å². The number of likely N-dealkylation sites (N-methyl/N-ethyl adjacent to an activating group) is 1. The summed E-state index contributed by atoms with van der Waals surface area (Å²) in [5.74, 6) is -0.635. The maximum absolute atomic E-state index is 13.1. The zero-order valence-electron chi connectivity index (χ0n) is 17.2. The van der Waals surface area contributed by atoms with Crippen LogP contribution < -0.4 is 16.0 Å². The van der Waals surface area contributed by atoms with Gasteiger partial charge in [0.15, 0.2) is 0 Å². The smallest absolute Gasteiger partial charge is 0.246 e. The first-order valence-corrected chi connectivity index (χ1v) is 9.95. The highest BCUT2D eigenvalue weighted by molar-refractivity contribution is 5.93. The fraction of sp³-hybridized carbons (Fsp3) is 0.571. The highest BCUT2D eigenvalue weighted by atomic mass is 16.2. The number of carbonyl (C=O) groups is 3. The molecule has 3 atom stereocenters. The standard InChI is InChI=1S/C21H32N4O3/c1-14(2)18(24-19(26)15(3)22-4)21(28)25-12-8-11-17(25)20(27)23-13-16-9-6-5-7-10-16/h5-7,9-10,14-15,17-18,22H,8,11-13H2,1-4H3,(H,23,27)(H,24,26)/t15-,17-,18+/m0/s1. The number of carbonyl (C=O) groups excluding carboxylic acids is 3. The van der Waals surface area contributed by atoms with Gasteiger partial charge in [0, 0.05) is 13.1 Å². The topological polar surface area (TPSA) is 90.5 Å². The van der Waals surface area contributed by atoms with Gasteiger partial charge < -0.3 is 20.9 Å². The highest BCUT2D eigenvalue weighted by Gasteiger charge is 2.38. The van der Waals surface area contributed by atoms with E-state index in [4.69, 9.17) is 0 Å². The van der Waals surface area contributed by atoms with Gasteiger partial charge in [-0.05, 0) is 38.3 Å². The number of nitrogens with one attached hydrogen (secondary N) is 3. The summed E-state index contributed by atoms with van der Waals surface area (Å²) < 4.78 is 0. The minimum absolute atomic E-state index is 0.0749. The number of benzene rings is 1. The maximum Gasteiger partial charge on any atom is 0.246 e. The lowest BCUT2D eigenvalue weighted by Crippen LogP contribution is -2.57. The van der Waals surface area contributed by atoms with Gasteiger partial charge in [0.25, 0.3) is 0 Å². The number of hydrogen-bond donors (Lipinski definition) is 3. The lowest BCUT2D eigenvalue weighted by Gasteiger charge is -2.31. The first-order chi connectivity index (χ1) is 13.3. The molecule has 1 aliphatic rings. The van der Waals surface area contributed by atoms with Crippen molar-refractivity contribution in [2.45, 2.75) is 58.3 Å². The first-order valence-electron chi connectivity index (χ1n) is 9.95. The van der Waals surface area contributed by atoms with Gasteiger partial charge >= 0.3 is 0 Å². The molecule has 1 aromatic carbocycles. The van der Waals surface area contributed by atoms with E-state index in [1.807, 2.05) is 44.2 Å². The average molecular weight is 389 g/mol. The second-order valence-electron chi connectivity index (χ2n) is 7.63. The van der Waals surface area contributed by atoms with Crippen LogP contribution in [0, 0.1) is 5.92 Å². The van der Waals surface area contributed by atoms with Crippen molar-refractivity contribution in [3.05, 3.63) is 35.9 Å². The summed E-state index contributed by atoms with van der Waals surface area (Å²) in [5.41, 5.74) is 1.01. The molecule has 28 heavy (non-hydrogen) atoms. The Hall–Kier alpha value is -2.41. The van der Waals surface area contributed by atoms with Gasteiger partial charge in [0.05, 0.1) is 6.04 Å². The van der Waals surface area contributed by atoms with Crippen molar-refractivity contribution >= 4 is 17.7 Å². The normalized spacial score (nSPS) is 18.6. The van der Waals surface area contributed by atoms with Crippen LogP contribution in [0.3, 0.4) is 0 Å². The van der Waals surface area contributed by atoms with Crippen molar-refractivity contribution in [1.82, 2.24) is 20.9 Å². The van der Waals surface area contributed by atoms with Crippen LogP contribution in [0.2, 0.25) is 0 Å². The first kappa shape index (κ1) is 21.9. The largest absolute Gasteiger partial charge is 0.350 e. The number of rotatable bonds is 8. The van der Waals surface area contributed by atoms with E-state index in [-0.39, 0.29) is 23.6 Å². The maximum atomic E-state index is 13.1. The molecule has 7 heteroatoms. The molecule has 1 aliphatic heterocycles. The van der Waals surface area contributed by atoms with Crippen LogP contribution in [-0.2, 0) is 20.9 Å². The monoisotopic (exact) mass is 388 g/mol. The minimum Gasteiger partial charge on any atom is -0.350 e. The lowest BCUT2D eigenvalue weighted by molar-refractivity contribution is -0.142. The quantitative estimate of drug-likeness (QED) is 0.621. The summed E-state index contributed by atoms with van der Waals surface area (Å²) >= 11 is 0. The fourth-order valence-corrected chi connectivity index (χ4v) is 3.31. The van der Waals surface area contributed by atoms with Gasteiger partial charge in [0.2, 0.25) is 17.7 Å². The van der Waals surface area contributed by atoms with E-state index >= 15 is 0 Å². The van der Waals surface area contributed by atoms with E-state index in [0.29, 0.717) is 19.5 Å². The molecule has 154 valence electrons. The Balaban J connectivity index is 2.02. The molecular weight excluding hydrogens is 356 g/mol. The summed E-state index contributed by atoms with van der Waals surface area (Å²) in [5, 5.41) is 8.64. The van der Waals surface area contributed by atoms with Crippen LogP contribution in [0.4, 0.5) is 0 Å². The van der Waals surface area contributed by atoms with Crippen LogP contribution in [-0.4, -0.2) is 54.3 Å². The Bertz CT molecular complexity index is 677. The van der Waals surface area contributed by atoms with Crippen molar-refractivity contribution < 1.29 is 14.4 Å². The van der Waals surface area contributed by atoms with E-state index in [1.165, 1.54) is 0 Å². The van der Waals surface area contributed by atoms with Crippen LogP contribution >= 0.6 is 0 Å². The van der Waals surface area contributed by atoms with Crippen LogP contribution in [0.1, 0.15) is 39.2 Å². The third kappa shape index (κ3) is 5.55. The zero-order valence-corrected chi connectivity index (χ0v) is 17.2. The van der Waals surface area contributed by atoms with E-state index in [1.54, 1.807) is 18.9 Å². The Morgan fingerprint density at radius 1 is 1.14 bits per heavy atom. The minimum atomic E-state index is -0.647. The zero-order chi connectivity index (χ0) is 20.7. The molecule has 1 saturated heterocycles. The number of nitrogens with zero attached hydrogens (tertiary/aromatic N) is 1. The van der Waals surface area contributed by atoms with Gasteiger partial charge in [-0.1, -0.05) is 44.2 Å². The van der Waals surface area contributed by atoms with Crippen molar-refractivity contribution in [2.75, 3.05) is 13.6 Å². The predicted molar refractivity (Wildman–Crippen MR) is 108 cm³/mol. The second-order valence-corrected chi connectivity index (χ2v) is 7.63. The fourth-order valence-electron chi connectivity index (χ4n) is 3.31. The molecule has 0 aliphatic carbocycles. The molecule has 1 heterocycles. The van der Waals surface area contributed by atoms with Gasteiger partial charge in [-0.25, -0.2) is 0 Å². The second kappa shape index (κ2) is 10.2. The molecule has 0 unspecified atom stereocenters. The molecule has 0 aromatic heterocycles. The molecule has 1 fully saturated rings. The Morgan fingerprint density at radius 2 is 1.82 bits per heavy atom. The summed E-state index contributed by atoms with van der Waals surface area (Å²) in [6.45, 7) is 6.50. The number of hydrogen-bond acceptors (Lipinski definition) is 4. The molecule has 3 amide bonds. The third-order valence-corrected chi connectivity index (χ3v) is 5.20. The van der Waals surface area contributed by atoms with Crippen molar-refractivity contribution in [1.29, 1.82) is 0 Å². The number of likely N-dealkylation sites (tertiary alicyclic amines) is 1. The third-order valence-electron chi connectivity index (χ3n) is 5.20. The van der Waals surface area contributed by atoms with E-state index < -0.39 is 18.1 Å². The average Bonchev–Trinajstić information content (AvgIpc) is 3.19. The molecule has 1 aromatic rings. The van der Waals surface area contributed by atoms with Crippen molar-refractivity contribution in [3.8, 4) is 0 Å². The van der Waals surface area contributed by atoms with Gasteiger partial charge in [-0.15, -0.1) is 0 Å². The van der Waals surface area contributed by atoms with E-state index in [2.05, 4.69) is 16.0 Å². The molecule has 3 N–H and O–H groups in total. The molecule has 0 spiro atoms. The molecule has 0 saturated carbocycles. The van der Waals surface area contributed by atoms with Gasteiger partial charge in [-0.3, -0.25) is 14.4 Å². The number of amides is 3. The van der Waals surface area contributed by atoms with Crippen molar-refractivity contribution in [3.63, 3.8) is 0 Å². The van der Waals surface area contributed by atoms with Crippen molar-refractivity contribution in [2.24, 2.45) is 5.92 Å². The molecule has 0 bridgehead atoms. The lowest BCUT2D eigenvalue weighted by atomic mass is 10.0. The molecular formula is C21H32N4O3. The van der Waals surface area contributed by atoms with Crippen LogP contribution in [0.25, 0.3) is 0 Å². The summed E-state index contributed by atoms with van der Waals surface area (Å²) in [7, 11) is 1.70. The van der Waals surface area contributed by atoms with Gasteiger partial charge in [-0.2, -0.15) is 0 Å². The summed E-state index contributed by atoms with van der Waals surface area (Å²) in [6, 6.07) is 8.15. The van der Waals surface area contributed by atoms with Crippen LogP contribution in [0.5, 0.6) is 0 Å². The molecule has 0 radical (unpaired) electrons. The Morgan fingerprint density at radius 3 is 2.43 bits per heavy atom. The molecule has 2 rings (SSSR count). The van der Waals surface area contributed by atoms with Gasteiger partial charge in [0.1, 0.15) is 12.1 Å². The Kier molecular flexibility index (Phi) is 7.99. The molecule has 7 nitrogen and oxygen atoms in total. The van der Waals surface area contributed by atoms with E-state index in [0.717, 1.165) is 12.0 Å². The highest BCUT2D eigenvalue weighted by Crippen LogP contribution is 2.20. The van der Waals surface area contributed by atoms with Crippen LogP contribution in [0.15, 0.2) is 30.3 Å². The summed E-state index contributed by atoms with van der Waals surface area (Å²) in [4.78, 5) is 39.7. The predicted octanol–water partition coefficient (Wildman–Crippen LogP) is 1.04. The SMILES string of the molecule is CN[C@@H](C)C(=O)N[C@@H](C(=O)N1CCC[C@H]1C(=O)NCc1ccccc1)C(C)C.